The van der Waals surface area contributed by atoms with E-state index in [-0.39, 0.29) is 28.5 Å². The maximum absolute atomic E-state index is 13.2. The molecule has 0 aliphatic carbocycles. The first kappa shape index (κ1) is 16.9. The van der Waals surface area contributed by atoms with Crippen LogP contribution in [0.4, 0.5) is 13.2 Å². The van der Waals surface area contributed by atoms with Gasteiger partial charge in [0, 0.05) is 12.1 Å². The van der Waals surface area contributed by atoms with Gasteiger partial charge in [-0.2, -0.15) is 13.2 Å². The smallest absolute Gasteiger partial charge is 0.416 e. The van der Waals surface area contributed by atoms with Crippen molar-refractivity contribution in [2.24, 2.45) is 0 Å². The third-order valence-electron chi connectivity index (χ3n) is 4.38. The lowest BCUT2D eigenvalue weighted by atomic mass is 10.0. The van der Waals surface area contributed by atoms with Crippen molar-refractivity contribution in [3.05, 3.63) is 28.8 Å². The number of halogens is 3. The molecule has 3 nitrogen and oxygen atoms in total. The SMILES string of the molecule is CC(C)(C)[Si](C)(C)Oc1cc2c(c(C(F)(F)F)c1)CNC2=O. The molecule has 1 aromatic rings. The highest BCUT2D eigenvalue weighted by molar-refractivity contribution is 6.74. The number of nitrogens with one attached hydrogen (secondary N) is 1. The fraction of sp³-hybridized carbons (Fsp3) is 0.533. The van der Waals surface area contributed by atoms with E-state index in [0.717, 1.165) is 6.07 Å². The van der Waals surface area contributed by atoms with Gasteiger partial charge in [0.25, 0.3) is 5.91 Å². The van der Waals surface area contributed by atoms with Gasteiger partial charge < -0.3 is 9.74 Å². The Morgan fingerprint density at radius 3 is 2.27 bits per heavy atom. The third-order valence-corrected chi connectivity index (χ3v) is 8.74. The van der Waals surface area contributed by atoms with E-state index in [4.69, 9.17) is 4.43 Å². The van der Waals surface area contributed by atoms with E-state index in [1.807, 2.05) is 33.9 Å². The highest BCUT2D eigenvalue weighted by atomic mass is 28.4. The molecule has 1 aromatic carbocycles. The van der Waals surface area contributed by atoms with Crippen molar-refractivity contribution in [3.8, 4) is 5.75 Å². The Morgan fingerprint density at radius 1 is 1.18 bits per heavy atom. The number of benzene rings is 1. The minimum absolute atomic E-state index is 0.0000754. The van der Waals surface area contributed by atoms with Crippen LogP contribution in [0, 0.1) is 0 Å². The summed E-state index contributed by atoms with van der Waals surface area (Å²) >= 11 is 0. The Balaban J connectivity index is 2.51. The fourth-order valence-electron chi connectivity index (χ4n) is 2.06. The number of carbonyl (C=O) groups excluding carboxylic acids is 1. The second-order valence-corrected chi connectivity index (χ2v) is 11.8. The number of fused-ring (bicyclic) bond motifs is 1. The van der Waals surface area contributed by atoms with Crippen LogP contribution in [0.1, 0.15) is 42.3 Å². The summed E-state index contributed by atoms with van der Waals surface area (Å²) in [6, 6.07) is 2.44. The number of hydrogen-bond donors (Lipinski definition) is 1. The standard InChI is InChI=1S/C15H20F3NO2Si/c1-14(2,3)22(4,5)21-9-6-10-11(8-19-13(10)20)12(7-9)15(16,17)18/h6-7H,8H2,1-5H3,(H,19,20). The van der Waals surface area contributed by atoms with E-state index in [1.165, 1.54) is 6.07 Å². The quantitative estimate of drug-likeness (QED) is 0.819. The summed E-state index contributed by atoms with van der Waals surface area (Å²) in [5, 5.41) is 2.29. The third kappa shape index (κ3) is 2.99. The molecule has 7 heteroatoms. The van der Waals surface area contributed by atoms with Gasteiger partial charge >= 0.3 is 6.18 Å². The summed E-state index contributed by atoms with van der Waals surface area (Å²) in [4.78, 5) is 11.7. The lowest BCUT2D eigenvalue weighted by Crippen LogP contribution is -2.44. The zero-order valence-corrected chi connectivity index (χ0v) is 14.3. The Morgan fingerprint density at radius 2 is 1.77 bits per heavy atom. The monoisotopic (exact) mass is 331 g/mol. The molecular weight excluding hydrogens is 311 g/mol. The first-order valence-electron chi connectivity index (χ1n) is 7.04. The van der Waals surface area contributed by atoms with Crippen LogP contribution in [0.25, 0.3) is 0 Å². The summed E-state index contributed by atoms with van der Waals surface area (Å²) in [6.07, 6.45) is -4.51. The average Bonchev–Trinajstić information content (AvgIpc) is 2.67. The highest BCUT2D eigenvalue weighted by Gasteiger charge is 2.41. The largest absolute Gasteiger partial charge is 0.543 e. The number of carbonyl (C=O) groups is 1. The maximum Gasteiger partial charge on any atom is 0.416 e. The minimum atomic E-state index is -4.51. The van der Waals surface area contributed by atoms with Crippen molar-refractivity contribution in [2.45, 2.75) is 51.6 Å². The Labute approximate surface area is 129 Å². The number of amides is 1. The molecule has 0 saturated carbocycles. The van der Waals surface area contributed by atoms with Crippen LogP contribution >= 0.6 is 0 Å². The molecule has 0 radical (unpaired) electrons. The minimum Gasteiger partial charge on any atom is -0.543 e. The van der Waals surface area contributed by atoms with Crippen molar-refractivity contribution in [2.75, 3.05) is 0 Å². The number of hydrogen-bond acceptors (Lipinski definition) is 2. The normalized spacial score (nSPS) is 15.5. The molecule has 0 spiro atoms. The molecule has 0 fully saturated rings. The summed E-state index contributed by atoms with van der Waals surface area (Å²) < 4.78 is 45.6. The lowest BCUT2D eigenvalue weighted by molar-refractivity contribution is -0.138. The molecule has 0 aromatic heterocycles. The van der Waals surface area contributed by atoms with E-state index in [9.17, 15) is 18.0 Å². The van der Waals surface area contributed by atoms with Crippen LogP contribution in [0.2, 0.25) is 18.1 Å². The molecule has 1 aliphatic heterocycles. The molecule has 1 heterocycles. The van der Waals surface area contributed by atoms with E-state index in [0.29, 0.717) is 0 Å². The molecule has 122 valence electrons. The maximum atomic E-state index is 13.2. The van der Waals surface area contributed by atoms with Gasteiger partial charge in [-0.1, -0.05) is 20.8 Å². The van der Waals surface area contributed by atoms with Gasteiger partial charge in [-0.25, -0.2) is 0 Å². The van der Waals surface area contributed by atoms with Gasteiger partial charge in [0.2, 0.25) is 8.32 Å². The molecule has 1 aliphatic rings. The van der Waals surface area contributed by atoms with E-state index in [1.54, 1.807) is 0 Å². The topological polar surface area (TPSA) is 38.3 Å². The molecule has 22 heavy (non-hydrogen) atoms. The van der Waals surface area contributed by atoms with Crippen LogP contribution in [0.5, 0.6) is 5.75 Å². The molecule has 1 amide bonds. The Bertz CT molecular complexity index is 618. The van der Waals surface area contributed by atoms with Gasteiger partial charge in [-0.3, -0.25) is 4.79 Å². The van der Waals surface area contributed by atoms with Crippen molar-refractivity contribution in [3.63, 3.8) is 0 Å². The second-order valence-electron chi connectivity index (χ2n) is 7.04. The zero-order chi connectivity index (χ0) is 16.9. The molecular formula is C15H20F3NO2Si. The Hall–Kier alpha value is -1.50. The predicted molar refractivity (Wildman–Crippen MR) is 80.4 cm³/mol. The van der Waals surface area contributed by atoms with Crippen molar-refractivity contribution in [1.29, 1.82) is 0 Å². The van der Waals surface area contributed by atoms with Crippen molar-refractivity contribution < 1.29 is 22.4 Å². The number of rotatable bonds is 2. The molecule has 0 saturated heterocycles. The van der Waals surface area contributed by atoms with Crippen LogP contribution in [-0.4, -0.2) is 14.2 Å². The van der Waals surface area contributed by atoms with Crippen LogP contribution in [-0.2, 0) is 12.7 Å². The van der Waals surface area contributed by atoms with Crippen molar-refractivity contribution >= 4 is 14.2 Å². The van der Waals surface area contributed by atoms with Gasteiger partial charge in [0.1, 0.15) is 5.75 Å². The average molecular weight is 331 g/mol. The molecule has 1 N–H and O–H groups in total. The predicted octanol–water partition coefficient (Wildman–Crippen LogP) is 4.33. The first-order valence-corrected chi connectivity index (χ1v) is 9.95. The van der Waals surface area contributed by atoms with Gasteiger partial charge in [-0.15, -0.1) is 0 Å². The van der Waals surface area contributed by atoms with Crippen LogP contribution in [0.3, 0.4) is 0 Å². The van der Waals surface area contributed by atoms with E-state index in [2.05, 4.69) is 5.32 Å². The fourth-order valence-corrected chi connectivity index (χ4v) is 3.08. The van der Waals surface area contributed by atoms with Crippen LogP contribution in [0.15, 0.2) is 12.1 Å². The summed E-state index contributed by atoms with van der Waals surface area (Å²) in [5.74, 6) is -0.365. The summed E-state index contributed by atoms with van der Waals surface area (Å²) in [7, 11) is -2.28. The lowest BCUT2D eigenvalue weighted by Gasteiger charge is -2.36. The zero-order valence-electron chi connectivity index (χ0n) is 13.3. The summed E-state index contributed by atoms with van der Waals surface area (Å²) in [6.45, 7) is 9.82. The molecule has 0 atom stereocenters. The van der Waals surface area contributed by atoms with Gasteiger partial charge in [0.15, 0.2) is 0 Å². The van der Waals surface area contributed by atoms with Gasteiger partial charge in [0.05, 0.1) is 5.56 Å². The second kappa shape index (κ2) is 5.01. The van der Waals surface area contributed by atoms with Crippen LogP contribution < -0.4 is 9.74 Å². The number of alkyl halides is 3. The van der Waals surface area contributed by atoms with E-state index < -0.39 is 26.0 Å². The molecule has 0 bridgehead atoms. The molecule has 2 rings (SSSR count). The highest BCUT2D eigenvalue weighted by Crippen LogP contribution is 2.41. The summed E-state index contributed by atoms with van der Waals surface area (Å²) in [5.41, 5.74) is -0.735. The molecule has 0 unspecified atom stereocenters. The van der Waals surface area contributed by atoms with Gasteiger partial charge in [-0.05, 0) is 35.8 Å². The Kier molecular flexibility index (Phi) is 3.84. The van der Waals surface area contributed by atoms with E-state index >= 15 is 0 Å². The first-order chi connectivity index (χ1) is 9.83. The van der Waals surface area contributed by atoms with Crippen molar-refractivity contribution in [1.82, 2.24) is 5.32 Å².